The van der Waals surface area contributed by atoms with Gasteiger partial charge in [0.15, 0.2) is 11.6 Å². The number of pyridine rings is 1. The van der Waals surface area contributed by atoms with Crippen LogP contribution in [-0.4, -0.2) is 18.0 Å². The van der Waals surface area contributed by atoms with Crippen LogP contribution in [0.3, 0.4) is 0 Å². The van der Waals surface area contributed by atoms with Crippen molar-refractivity contribution >= 4 is 23.2 Å². The quantitative estimate of drug-likeness (QED) is 0.885. The number of ether oxygens (including phenoxy) is 1. The lowest BCUT2D eigenvalue weighted by molar-refractivity contribution is 0.102. The predicted octanol–water partition coefficient (Wildman–Crippen LogP) is 3.27. The summed E-state index contributed by atoms with van der Waals surface area (Å²) in [5.41, 5.74) is 0.0523. The Bertz CT molecular complexity index is 665. The van der Waals surface area contributed by atoms with Crippen LogP contribution in [0.15, 0.2) is 30.5 Å². The van der Waals surface area contributed by atoms with Crippen molar-refractivity contribution in [1.82, 2.24) is 4.98 Å². The first-order chi connectivity index (χ1) is 9.51. The number of halogens is 3. The third-order valence-electron chi connectivity index (χ3n) is 2.46. The van der Waals surface area contributed by atoms with Gasteiger partial charge in [-0.3, -0.25) is 4.79 Å². The summed E-state index contributed by atoms with van der Waals surface area (Å²) in [5.74, 6) is -1.96. The molecule has 4 nitrogen and oxygen atoms in total. The molecule has 104 valence electrons. The highest BCUT2D eigenvalue weighted by molar-refractivity contribution is 6.33. The molecule has 1 aromatic carbocycles. The van der Waals surface area contributed by atoms with Crippen LogP contribution in [0.25, 0.3) is 0 Å². The van der Waals surface area contributed by atoms with E-state index in [2.05, 4.69) is 10.3 Å². The standard InChI is InChI=1S/C13H9ClF2N2O2/c1-20-11-3-2-8(5-10(11)16)18-13(19)9-4-7(15)6-17-12(9)14/h2-6H,1H3,(H,18,19). The van der Waals surface area contributed by atoms with Crippen molar-refractivity contribution in [2.24, 2.45) is 0 Å². The topological polar surface area (TPSA) is 51.2 Å². The lowest BCUT2D eigenvalue weighted by atomic mass is 10.2. The number of amides is 1. The van der Waals surface area contributed by atoms with Crippen LogP contribution in [-0.2, 0) is 0 Å². The SMILES string of the molecule is COc1ccc(NC(=O)c2cc(F)cnc2Cl)cc1F. The number of methoxy groups -OCH3 is 1. The van der Waals surface area contributed by atoms with E-state index in [4.69, 9.17) is 16.3 Å². The number of benzene rings is 1. The lowest BCUT2D eigenvalue weighted by Crippen LogP contribution is -2.13. The summed E-state index contributed by atoms with van der Waals surface area (Å²) in [6.45, 7) is 0. The fraction of sp³-hybridized carbons (Fsp3) is 0.0769. The van der Waals surface area contributed by atoms with Gasteiger partial charge in [-0.1, -0.05) is 11.6 Å². The average Bonchev–Trinajstić information content (AvgIpc) is 2.41. The van der Waals surface area contributed by atoms with E-state index in [0.717, 1.165) is 18.3 Å². The number of nitrogens with zero attached hydrogens (tertiary/aromatic N) is 1. The van der Waals surface area contributed by atoms with Crippen molar-refractivity contribution < 1.29 is 18.3 Å². The molecule has 0 aliphatic heterocycles. The summed E-state index contributed by atoms with van der Waals surface area (Å²) < 4.78 is 31.3. The van der Waals surface area contributed by atoms with Gasteiger partial charge in [0.05, 0.1) is 18.9 Å². The Morgan fingerprint density at radius 1 is 1.35 bits per heavy atom. The highest BCUT2D eigenvalue weighted by Crippen LogP contribution is 2.22. The minimum absolute atomic E-state index is 0.0495. The molecule has 0 saturated heterocycles. The van der Waals surface area contributed by atoms with Crippen LogP contribution in [0, 0.1) is 11.6 Å². The molecule has 0 spiro atoms. The van der Waals surface area contributed by atoms with Crippen molar-refractivity contribution in [2.75, 3.05) is 12.4 Å². The van der Waals surface area contributed by atoms with E-state index in [1.807, 2.05) is 0 Å². The molecule has 0 saturated carbocycles. The van der Waals surface area contributed by atoms with Crippen LogP contribution >= 0.6 is 11.6 Å². The normalized spacial score (nSPS) is 10.2. The van der Waals surface area contributed by atoms with Gasteiger partial charge < -0.3 is 10.1 Å². The minimum atomic E-state index is -0.694. The Balaban J connectivity index is 2.23. The van der Waals surface area contributed by atoms with Gasteiger partial charge in [-0.05, 0) is 18.2 Å². The number of aromatic nitrogens is 1. The van der Waals surface area contributed by atoms with Crippen LogP contribution in [0.1, 0.15) is 10.4 Å². The van der Waals surface area contributed by atoms with E-state index in [0.29, 0.717) is 0 Å². The highest BCUT2D eigenvalue weighted by atomic mass is 35.5. The molecule has 2 aromatic rings. The zero-order valence-electron chi connectivity index (χ0n) is 10.3. The number of anilines is 1. The molecule has 1 aromatic heterocycles. The van der Waals surface area contributed by atoms with Crippen molar-refractivity contribution in [3.05, 3.63) is 52.8 Å². The fourth-order valence-corrected chi connectivity index (χ4v) is 1.71. The van der Waals surface area contributed by atoms with Gasteiger partial charge in [-0.15, -0.1) is 0 Å². The van der Waals surface area contributed by atoms with Crippen LogP contribution < -0.4 is 10.1 Å². The molecule has 0 aliphatic carbocycles. The third-order valence-corrected chi connectivity index (χ3v) is 2.76. The highest BCUT2D eigenvalue weighted by Gasteiger charge is 2.14. The van der Waals surface area contributed by atoms with Gasteiger partial charge in [0.1, 0.15) is 11.0 Å². The lowest BCUT2D eigenvalue weighted by Gasteiger charge is -2.08. The van der Waals surface area contributed by atoms with Crippen molar-refractivity contribution in [3.8, 4) is 5.75 Å². The molecule has 0 radical (unpaired) electrons. The average molecular weight is 299 g/mol. The number of hydrogen-bond donors (Lipinski definition) is 1. The predicted molar refractivity (Wildman–Crippen MR) is 70.1 cm³/mol. The molecule has 20 heavy (non-hydrogen) atoms. The zero-order chi connectivity index (χ0) is 14.7. The van der Waals surface area contributed by atoms with Gasteiger partial charge in [0.2, 0.25) is 0 Å². The summed E-state index contributed by atoms with van der Waals surface area (Å²) in [6.07, 6.45) is 0.895. The number of carbonyl (C=O) groups excluding carboxylic acids is 1. The van der Waals surface area contributed by atoms with Gasteiger partial charge in [0, 0.05) is 11.8 Å². The molecular weight excluding hydrogens is 290 g/mol. The molecule has 0 atom stereocenters. The van der Waals surface area contributed by atoms with E-state index >= 15 is 0 Å². The summed E-state index contributed by atoms with van der Waals surface area (Å²) in [4.78, 5) is 15.4. The Kier molecular flexibility index (Phi) is 4.14. The Morgan fingerprint density at radius 2 is 2.10 bits per heavy atom. The Labute approximate surface area is 118 Å². The first-order valence-electron chi connectivity index (χ1n) is 5.47. The minimum Gasteiger partial charge on any atom is -0.494 e. The molecular formula is C13H9ClF2N2O2. The van der Waals surface area contributed by atoms with E-state index in [1.165, 1.54) is 19.2 Å². The maximum absolute atomic E-state index is 13.5. The van der Waals surface area contributed by atoms with Gasteiger partial charge >= 0.3 is 0 Å². The van der Waals surface area contributed by atoms with Gasteiger partial charge in [-0.25, -0.2) is 13.8 Å². The van der Waals surface area contributed by atoms with Gasteiger partial charge in [-0.2, -0.15) is 0 Å². The molecule has 1 heterocycles. The van der Waals surface area contributed by atoms with Crippen molar-refractivity contribution in [1.29, 1.82) is 0 Å². The molecule has 2 rings (SSSR count). The smallest absolute Gasteiger partial charge is 0.258 e. The Morgan fingerprint density at radius 3 is 2.75 bits per heavy atom. The number of rotatable bonds is 3. The van der Waals surface area contributed by atoms with Crippen LogP contribution in [0.2, 0.25) is 5.15 Å². The second-order valence-electron chi connectivity index (χ2n) is 3.80. The zero-order valence-corrected chi connectivity index (χ0v) is 11.0. The van der Waals surface area contributed by atoms with E-state index < -0.39 is 17.5 Å². The van der Waals surface area contributed by atoms with E-state index in [1.54, 1.807) is 0 Å². The summed E-state index contributed by atoms with van der Waals surface area (Å²) >= 11 is 5.70. The number of hydrogen-bond acceptors (Lipinski definition) is 3. The summed E-state index contributed by atoms with van der Waals surface area (Å²) in [7, 11) is 1.33. The molecule has 0 fully saturated rings. The largest absolute Gasteiger partial charge is 0.494 e. The molecule has 1 amide bonds. The van der Waals surface area contributed by atoms with Gasteiger partial charge in [0.25, 0.3) is 5.91 Å². The molecule has 0 aliphatic rings. The first kappa shape index (κ1) is 14.2. The first-order valence-corrected chi connectivity index (χ1v) is 5.85. The molecule has 1 N–H and O–H groups in total. The summed E-state index contributed by atoms with van der Waals surface area (Å²) in [6, 6.07) is 4.83. The van der Waals surface area contributed by atoms with Crippen molar-refractivity contribution in [3.63, 3.8) is 0 Å². The Hall–Kier alpha value is -2.21. The number of carbonyl (C=O) groups is 1. The number of nitrogens with one attached hydrogen (secondary N) is 1. The maximum Gasteiger partial charge on any atom is 0.258 e. The van der Waals surface area contributed by atoms with E-state index in [-0.39, 0.29) is 22.2 Å². The van der Waals surface area contributed by atoms with Crippen LogP contribution in [0.4, 0.5) is 14.5 Å². The molecule has 7 heteroatoms. The van der Waals surface area contributed by atoms with Crippen molar-refractivity contribution in [2.45, 2.75) is 0 Å². The van der Waals surface area contributed by atoms with E-state index in [9.17, 15) is 13.6 Å². The molecule has 0 unspecified atom stereocenters. The summed E-state index contributed by atoms with van der Waals surface area (Å²) in [5, 5.41) is 2.25. The fourth-order valence-electron chi connectivity index (χ4n) is 1.52. The second-order valence-corrected chi connectivity index (χ2v) is 4.15. The maximum atomic E-state index is 13.5. The third kappa shape index (κ3) is 3.03. The molecule has 0 bridgehead atoms. The monoisotopic (exact) mass is 298 g/mol. The second kappa shape index (κ2) is 5.83. The van der Waals surface area contributed by atoms with Crippen LogP contribution in [0.5, 0.6) is 5.75 Å².